The Morgan fingerprint density at radius 3 is 2.95 bits per heavy atom. The van der Waals surface area contributed by atoms with Gasteiger partial charge in [0.1, 0.15) is 10.8 Å². The van der Waals surface area contributed by atoms with Crippen LogP contribution in [0.2, 0.25) is 0 Å². The van der Waals surface area contributed by atoms with Gasteiger partial charge in [-0.15, -0.1) is 22.7 Å². The molecule has 20 heavy (non-hydrogen) atoms. The van der Waals surface area contributed by atoms with Crippen molar-refractivity contribution < 1.29 is 0 Å². The van der Waals surface area contributed by atoms with Crippen LogP contribution in [0.1, 0.15) is 9.88 Å². The molecule has 0 aliphatic carbocycles. The number of thiophene rings is 1. The van der Waals surface area contributed by atoms with Gasteiger partial charge >= 0.3 is 0 Å². The van der Waals surface area contributed by atoms with E-state index in [4.69, 9.17) is 5.73 Å². The third-order valence-electron chi connectivity index (χ3n) is 2.83. The first kappa shape index (κ1) is 13.5. The molecule has 0 spiro atoms. The second kappa shape index (κ2) is 5.90. The summed E-state index contributed by atoms with van der Waals surface area (Å²) in [6.45, 7) is 2.87. The molecule has 0 bridgehead atoms. The number of thiazole rings is 1. The number of hydrogen-bond acceptors (Lipinski definition) is 7. The van der Waals surface area contributed by atoms with Crippen LogP contribution in [0, 0.1) is 6.92 Å². The Bertz CT molecular complexity index is 684. The molecule has 0 saturated carbocycles. The first-order valence-electron chi connectivity index (χ1n) is 6.18. The van der Waals surface area contributed by atoms with Crippen LogP contribution in [0.4, 0.5) is 10.8 Å². The molecule has 3 N–H and O–H groups in total. The molecule has 0 fully saturated rings. The highest BCUT2D eigenvalue weighted by molar-refractivity contribution is 7.11. The zero-order chi connectivity index (χ0) is 13.9. The van der Waals surface area contributed by atoms with E-state index in [1.807, 2.05) is 12.3 Å². The molecular formula is C13H14N4S3. The fraction of sp³-hybridized carbons (Fsp3) is 0.231. The molecule has 0 aromatic carbocycles. The molecule has 7 heteroatoms. The van der Waals surface area contributed by atoms with Crippen molar-refractivity contribution in [2.75, 3.05) is 17.6 Å². The summed E-state index contributed by atoms with van der Waals surface area (Å²) < 4.78 is 4.24. The summed E-state index contributed by atoms with van der Waals surface area (Å²) in [4.78, 5) is 5.88. The molecule has 0 aliphatic rings. The third-order valence-corrected chi connectivity index (χ3v) is 5.36. The van der Waals surface area contributed by atoms with Gasteiger partial charge in [-0.05, 0) is 36.3 Å². The average Bonchev–Trinajstić information content (AvgIpc) is 3.12. The van der Waals surface area contributed by atoms with Crippen molar-refractivity contribution in [2.45, 2.75) is 13.3 Å². The maximum atomic E-state index is 5.97. The van der Waals surface area contributed by atoms with Crippen LogP contribution in [0.3, 0.4) is 0 Å². The lowest BCUT2D eigenvalue weighted by Gasteiger charge is -2.04. The fourth-order valence-electron chi connectivity index (χ4n) is 1.90. The van der Waals surface area contributed by atoms with Crippen molar-refractivity contribution in [2.24, 2.45) is 0 Å². The number of hydrogen-bond donors (Lipinski definition) is 2. The Hall–Kier alpha value is -1.44. The molecule has 0 radical (unpaired) electrons. The molecule has 3 aromatic heterocycles. The van der Waals surface area contributed by atoms with Gasteiger partial charge in [0.2, 0.25) is 0 Å². The minimum absolute atomic E-state index is 0.555. The Kier molecular flexibility index (Phi) is 4.00. The van der Waals surface area contributed by atoms with Crippen LogP contribution in [0.5, 0.6) is 0 Å². The highest BCUT2D eigenvalue weighted by atomic mass is 32.1. The predicted octanol–water partition coefficient (Wildman–Crippen LogP) is 3.87. The second-order valence-electron chi connectivity index (χ2n) is 4.28. The van der Waals surface area contributed by atoms with Crippen molar-refractivity contribution in [3.63, 3.8) is 0 Å². The quantitative estimate of drug-likeness (QED) is 0.748. The number of nitrogens with one attached hydrogen (secondary N) is 1. The molecule has 0 aliphatic heterocycles. The molecule has 0 saturated heterocycles. The van der Waals surface area contributed by atoms with E-state index in [1.165, 1.54) is 16.4 Å². The van der Waals surface area contributed by atoms with E-state index in [2.05, 4.69) is 32.2 Å². The number of aryl methyl sites for hydroxylation is 1. The Labute approximate surface area is 129 Å². The van der Waals surface area contributed by atoms with E-state index in [-0.39, 0.29) is 0 Å². The van der Waals surface area contributed by atoms with E-state index in [1.54, 1.807) is 22.7 Å². The Balaban J connectivity index is 1.74. The number of anilines is 2. The van der Waals surface area contributed by atoms with E-state index in [0.717, 1.165) is 34.2 Å². The lowest BCUT2D eigenvalue weighted by atomic mass is 10.2. The summed E-state index contributed by atoms with van der Waals surface area (Å²) in [6, 6.07) is 4.23. The monoisotopic (exact) mass is 322 g/mol. The normalized spacial score (nSPS) is 10.8. The van der Waals surface area contributed by atoms with E-state index >= 15 is 0 Å². The van der Waals surface area contributed by atoms with Gasteiger partial charge in [-0.3, -0.25) is 0 Å². The molecule has 3 rings (SSSR count). The molecule has 0 amide bonds. The van der Waals surface area contributed by atoms with Gasteiger partial charge in [0, 0.05) is 16.8 Å². The highest BCUT2D eigenvalue weighted by Gasteiger charge is 2.15. The summed E-state index contributed by atoms with van der Waals surface area (Å²) in [5.41, 5.74) is 7.82. The van der Waals surface area contributed by atoms with Gasteiger partial charge in [0.25, 0.3) is 0 Å². The zero-order valence-corrected chi connectivity index (χ0v) is 13.4. The number of nitrogen functional groups attached to an aromatic ring is 1. The molecule has 3 heterocycles. The predicted molar refractivity (Wildman–Crippen MR) is 88.9 cm³/mol. The van der Waals surface area contributed by atoms with Gasteiger partial charge in [-0.25, -0.2) is 4.98 Å². The first-order valence-corrected chi connectivity index (χ1v) is 8.71. The third kappa shape index (κ3) is 2.84. The summed E-state index contributed by atoms with van der Waals surface area (Å²) in [6.07, 6.45) is 1.00. The lowest BCUT2D eigenvalue weighted by molar-refractivity contribution is 1.05. The maximum absolute atomic E-state index is 5.97. The second-order valence-corrected chi connectivity index (χ2v) is 7.15. The van der Waals surface area contributed by atoms with Crippen molar-refractivity contribution in [1.82, 2.24) is 9.36 Å². The van der Waals surface area contributed by atoms with Crippen LogP contribution >= 0.6 is 34.2 Å². The Morgan fingerprint density at radius 1 is 1.35 bits per heavy atom. The molecule has 3 aromatic rings. The van der Waals surface area contributed by atoms with Gasteiger partial charge in [-0.1, -0.05) is 6.07 Å². The summed E-state index contributed by atoms with van der Waals surface area (Å²) >= 11 is 4.80. The van der Waals surface area contributed by atoms with E-state index < -0.39 is 0 Å². The number of nitrogens with two attached hydrogens (primary N) is 1. The van der Waals surface area contributed by atoms with Crippen LogP contribution < -0.4 is 11.1 Å². The SMILES string of the molecule is Cc1nc(-c2c(N)nsc2NCCc2cccs2)cs1. The summed E-state index contributed by atoms with van der Waals surface area (Å²) in [5, 5.41) is 9.60. The van der Waals surface area contributed by atoms with Crippen molar-refractivity contribution in [3.05, 3.63) is 32.8 Å². The zero-order valence-electron chi connectivity index (χ0n) is 10.9. The van der Waals surface area contributed by atoms with Gasteiger partial charge < -0.3 is 11.1 Å². The summed E-state index contributed by atoms with van der Waals surface area (Å²) in [7, 11) is 0. The molecule has 0 atom stereocenters. The minimum atomic E-state index is 0.555. The molecule has 4 nitrogen and oxygen atoms in total. The van der Waals surface area contributed by atoms with E-state index in [9.17, 15) is 0 Å². The average molecular weight is 322 g/mol. The molecule has 104 valence electrons. The lowest BCUT2D eigenvalue weighted by Crippen LogP contribution is -2.03. The standard InChI is InChI=1S/C13H14N4S3/c1-8-16-10(7-19-8)11-12(14)17-20-13(11)15-5-4-9-3-2-6-18-9/h2-3,6-7,15H,4-5H2,1H3,(H2,14,17). The number of aromatic nitrogens is 2. The van der Waals surface area contributed by atoms with Gasteiger partial charge in [0.05, 0.1) is 16.3 Å². The summed E-state index contributed by atoms with van der Waals surface area (Å²) in [5.74, 6) is 0.555. The minimum Gasteiger partial charge on any atom is -0.382 e. The topological polar surface area (TPSA) is 63.8 Å². The number of rotatable bonds is 5. The van der Waals surface area contributed by atoms with Crippen molar-refractivity contribution in [3.8, 4) is 11.3 Å². The van der Waals surface area contributed by atoms with E-state index in [0.29, 0.717) is 5.82 Å². The smallest absolute Gasteiger partial charge is 0.148 e. The van der Waals surface area contributed by atoms with Crippen LogP contribution in [0.15, 0.2) is 22.9 Å². The number of nitrogens with zero attached hydrogens (tertiary/aromatic N) is 2. The van der Waals surface area contributed by atoms with Gasteiger partial charge in [0.15, 0.2) is 0 Å². The van der Waals surface area contributed by atoms with Crippen LogP contribution in [0.25, 0.3) is 11.3 Å². The largest absolute Gasteiger partial charge is 0.382 e. The van der Waals surface area contributed by atoms with Crippen molar-refractivity contribution in [1.29, 1.82) is 0 Å². The van der Waals surface area contributed by atoms with Crippen LogP contribution in [-0.4, -0.2) is 15.9 Å². The highest BCUT2D eigenvalue weighted by Crippen LogP contribution is 2.37. The van der Waals surface area contributed by atoms with Crippen LogP contribution in [-0.2, 0) is 6.42 Å². The van der Waals surface area contributed by atoms with Crippen molar-refractivity contribution >= 4 is 45.0 Å². The molecule has 0 unspecified atom stereocenters. The molecular weight excluding hydrogens is 308 g/mol. The first-order chi connectivity index (χ1) is 9.74. The fourth-order valence-corrected chi connectivity index (χ4v) is 3.96. The Morgan fingerprint density at radius 2 is 2.25 bits per heavy atom. The van der Waals surface area contributed by atoms with Gasteiger partial charge in [-0.2, -0.15) is 4.37 Å². The maximum Gasteiger partial charge on any atom is 0.148 e.